The topological polar surface area (TPSA) is 172 Å². The van der Waals surface area contributed by atoms with E-state index in [1.165, 1.54) is 17.6 Å². The lowest BCUT2D eigenvalue weighted by Gasteiger charge is -2.21. The number of hydrogen-bond acceptors (Lipinski definition) is 7. The number of ether oxygens (including phenoxy) is 1. The van der Waals surface area contributed by atoms with Gasteiger partial charge >= 0.3 is 6.09 Å². The van der Waals surface area contributed by atoms with E-state index in [1.807, 2.05) is 0 Å². The molecule has 1 atom stereocenters. The maximum Gasteiger partial charge on any atom is 0.407 e. The van der Waals surface area contributed by atoms with E-state index in [-0.39, 0.29) is 24.6 Å². The van der Waals surface area contributed by atoms with Gasteiger partial charge in [0.25, 0.3) is 11.8 Å². The third kappa shape index (κ3) is 9.46. The average Bonchev–Trinajstić information content (AvgIpc) is 2.84. The molecule has 36 heavy (non-hydrogen) atoms. The maximum atomic E-state index is 12.6. The Hall–Kier alpha value is -4.40. The highest BCUT2D eigenvalue weighted by Crippen LogP contribution is 2.10. The van der Waals surface area contributed by atoms with Gasteiger partial charge in [-0.15, -0.1) is 0 Å². The van der Waals surface area contributed by atoms with Crippen LogP contribution in [0.3, 0.4) is 0 Å². The predicted octanol–water partition coefficient (Wildman–Crippen LogP) is 1.11. The van der Waals surface area contributed by atoms with Gasteiger partial charge in [0, 0.05) is 22.4 Å². The lowest BCUT2D eigenvalue weighted by atomic mass is 10.1. The largest absolute Gasteiger partial charge is 0.444 e. The van der Waals surface area contributed by atoms with Crippen LogP contribution in [0.2, 0.25) is 0 Å². The molecule has 0 aliphatic heterocycles. The van der Waals surface area contributed by atoms with Gasteiger partial charge in [0.1, 0.15) is 11.6 Å². The van der Waals surface area contributed by atoms with Gasteiger partial charge < -0.3 is 26.4 Å². The number of amides is 4. The van der Waals surface area contributed by atoms with Crippen molar-refractivity contribution in [2.24, 2.45) is 5.73 Å². The smallest absolute Gasteiger partial charge is 0.407 e. The normalized spacial score (nSPS) is 11.2. The Morgan fingerprint density at radius 1 is 1.03 bits per heavy atom. The number of nitrogens with two attached hydrogens (primary N) is 1. The van der Waals surface area contributed by atoms with Crippen molar-refractivity contribution in [3.8, 4) is 11.8 Å². The fourth-order valence-corrected chi connectivity index (χ4v) is 2.76. The highest BCUT2D eigenvalue weighted by atomic mass is 16.6. The van der Waals surface area contributed by atoms with E-state index in [0.29, 0.717) is 16.8 Å². The Morgan fingerprint density at radius 2 is 1.69 bits per heavy atom. The number of nitrogens with one attached hydrogen (secondary N) is 4. The number of rotatable bonds is 7. The molecule has 7 N–H and O–H groups in total. The summed E-state index contributed by atoms with van der Waals surface area (Å²) in [7, 11) is 0. The van der Waals surface area contributed by atoms with Gasteiger partial charge in [-0.3, -0.25) is 19.6 Å². The molecule has 11 nitrogen and oxygen atoms in total. The molecule has 0 aromatic heterocycles. The zero-order valence-corrected chi connectivity index (χ0v) is 20.2. The van der Waals surface area contributed by atoms with Crippen LogP contribution in [-0.4, -0.2) is 53.8 Å². The second kappa shape index (κ2) is 12.9. The summed E-state index contributed by atoms with van der Waals surface area (Å²) in [6, 6.07) is 12.0. The number of hydroxylamine groups is 1. The van der Waals surface area contributed by atoms with Crippen molar-refractivity contribution < 1.29 is 29.1 Å². The van der Waals surface area contributed by atoms with Crippen molar-refractivity contribution in [2.45, 2.75) is 32.4 Å². The predicted molar refractivity (Wildman–Crippen MR) is 132 cm³/mol. The van der Waals surface area contributed by atoms with Gasteiger partial charge in [0.15, 0.2) is 0 Å². The highest BCUT2D eigenvalue weighted by Gasteiger charge is 2.23. The Labute approximate surface area is 208 Å². The first-order chi connectivity index (χ1) is 17.0. The molecule has 11 heteroatoms. The lowest BCUT2D eigenvalue weighted by Crippen LogP contribution is -2.52. The van der Waals surface area contributed by atoms with Gasteiger partial charge in [-0.1, -0.05) is 17.9 Å². The molecule has 2 rings (SSSR count). The van der Waals surface area contributed by atoms with Gasteiger partial charge in [0.05, 0.1) is 13.1 Å². The van der Waals surface area contributed by atoms with Gasteiger partial charge in [-0.05, 0) is 63.2 Å². The number of hydrogen-bond donors (Lipinski definition) is 6. The molecular formula is C25H29N5O6. The summed E-state index contributed by atoms with van der Waals surface area (Å²) >= 11 is 0. The first kappa shape index (κ1) is 27.8. The quantitative estimate of drug-likeness (QED) is 0.190. The van der Waals surface area contributed by atoms with Crippen LogP contribution in [0.15, 0.2) is 48.5 Å². The van der Waals surface area contributed by atoms with Gasteiger partial charge in [0.2, 0.25) is 5.91 Å². The maximum absolute atomic E-state index is 12.6. The van der Waals surface area contributed by atoms with Crippen LogP contribution in [0.4, 0.5) is 10.5 Å². The lowest BCUT2D eigenvalue weighted by molar-refractivity contribution is -0.131. The molecule has 2 aromatic rings. The second-order valence-corrected chi connectivity index (χ2v) is 8.55. The van der Waals surface area contributed by atoms with Crippen LogP contribution in [0.5, 0.6) is 0 Å². The summed E-state index contributed by atoms with van der Waals surface area (Å²) in [6.45, 7) is 4.61. The number of carbonyl (C=O) groups excluding carboxylic acids is 4. The minimum absolute atomic E-state index is 0.124. The first-order valence-corrected chi connectivity index (χ1v) is 10.9. The van der Waals surface area contributed by atoms with Crippen LogP contribution in [0.1, 0.15) is 42.3 Å². The first-order valence-electron chi connectivity index (χ1n) is 10.9. The summed E-state index contributed by atoms with van der Waals surface area (Å²) in [6.07, 6.45) is -0.775. The number of anilines is 1. The van der Waals surface area contributed by atoms with Crippen LogP contribution >= 0.6 is 0 Å². The zero-order chi connectivity index (χ0) is 26.7. The van der Waals surface area contributed by atoms with Crippen LogP contribution in [0.25, 0.3) is 0 Å². The zero-order valence-electron chi connectivity index (χ0n) is 20.2. The third-order valence-electron chi connectivity index (χ3n) is 4.41. The average molecular weight is 496 g/mol. The molecule has 190 valence electrons. The highest BCUT2D eigenvalue weighted by molar-refractivity contribution is 5.97. The Morgan fingerprint density at radius 3 is 2.31 bits per heavy atom. The van der Waals surface area contributed by atoms with E-state index in [0.717, 1.165) is 0 Å². The molecule has 0 aliphatic carbocycles. The number of carbonyl (C=O) groups is 4. The fourth-order valence-electron chi connectivity index (χ4n) is 2.76. The van der Waals surface area contributed by atoms with Crippen molar-refractivity contribution in [3.05, 3.63) is 65.2 Å². The van der Waals surface area contributed by atoms with Gasteiger partial charge in [-0.25, -0.2) is 10.3 Å². The minimum atomic E-state index is -1.25. The van der Waals surface area contributed by atoms with Crippen molar-refractivity contribution in [1.29, 1.82) is 0 Å². The number of alkyl carbamates (subject to hydrolysis) is 1. The molecule has 2 aromatic carbocycles. The van der Waals surface area contributed by atoms with Crippen LogP contribution < -0.4 is 27.2 Å². The van der Waals surface area contributed by atoms with Crippen LogP contribution in [0, 0.1) is 11.8 Å². The molecule has 0 bridgehead atoms. The summed E-state index contributed by atoms with van der Waals surface area (Å²) in [4.78, 5) is 47.8. The van der Waals surface area contributed by atoms with E-state index < -0.39 is 29.6 Å². The second-order valence-electron chi connectivity index (χ2n) is 8.55. The summed E-state index contributed by atoms with van der Waals surface area (Å²) in [5.74, 6) is 4.12. The third-order valence-corrected chi connectivity index (χ3v) is 4.41. The molecule has 0 saturated carbocycles. The monoisotopic (exact) mass is 495 g/mol. The fraction of sp³-hybridized carbons (Fsp3) is 0.280. The van der Waals surface area contributed by atoms with E-state index in [4.69, 9.17) is 15.7 Å². The molecule has 0 saturated heterocycles. The van der Waals surface area contributed by atoms with E-state index >= 15 is 0 Å². The molecule has 0 heterocycles. The van der Waals surface area contributed by atoms with E-state index in [1.54, 1.807) is 57.2 Å². The van der Waals surface area contributed by atoms with Crippen molar-refractivity contribution in [1.82, 2.24) is 16.1 Å². The minimum Gasteiger partial charge on any atom is -0.444 e. The Kier molecular flexibility index (Phi) is 9.97. The van der Waals surface area contributed by atoms with Crippen molar-refractivity contribution in [2.75, 3.05) is 18.4 Å². The standard InChI is InChI=1S/C25H29N5O6/c1-25(2,3)36-24(34)27-15-20(23(33)30-35)29-22(32)18-11-9-16(10-12-18)7-8-17-5-4-6-19(13-17)28-21(31)14-26/h4-6,9-13,20,35H,14-15,26H2,1-3H3,(H,27,34)(H,28,31)(H,29,32)(H,30,33)/t20-/m0/s1. The molecule has 0 unspecified atom stereocenters. The Balaban J connectivity index is 2.03. The summed E-state index contributed by atoms with van der Waals surface area (Å²) < 4.78 is 5.09. The SMILES string of the molecule is CC(C)(C)OC(=O)NC[C@H](NC(=O)c1ccc(C#Cc2cccc(NC(=O)CN)c2)cc1)C(=O)NO. The Bertz CT molecular complexity index is 1160. The molecule has 0 spiro atoms. The van der Waals surface area contributed by atoms with Gasteiger partial charge in [-0.2, -0.15) is 0 Å². The molecule has 0 fully saturated rings. The van der Waals surface area contributed by atoms with Crippen molar-refractivity contribution in [3.63, 3.8) is 0 Å². The summed E-state index contributed by atoms with van der Waals surface area (Å²) in [5, 5.41) is 16.4. The van der Waals surface area contributed by atoms with Crippen molar-refractivity contribution >= 4 is 29.5 Å². The van der Waals surface area contributed by atoms with Crippen LogP contribution in [-0.2, 0) is 14.3 Å². The van der Waals surface area contributed by atoms with E-state index in [2.05, 4.69) is 27.8 Å². The number of benzene rings is 2. The summed E-state index contributed by atoms with van der Waals surface area (Å²) in [5.41, 5.74) is 8.12. The molecule has 0 radical (unpaired) electrons. The van der Waals surface area contributed by atoms with E-state index in [9.17, 15) is 19.2 Å². The molecular weight excluding hydrogens is 466 g/mol. The molecule has 0 aliphatic rings. The molecule has 4 amide bonds.